The van der Waals surface area contributed by atoms with Crippen LogP contribution in [0.25, 0.3) is 0 Å². The van der Waals surface area contributed by atoms with Crippen molar-refractivity contribution in [3.05, 3.63) is 29.3 Å². The van der Waals surface area contributed by atoms with Gasteiger partial charge in [-0.25, -0.2) is 4.99 Å². The second-order valence-corrected chi connectivity index (χ2v) is 6.24. The van der Waals surface area contributed by atoms with Crippen molar-refractivity contribution in [3.63, 3.8) is 0 Å². The Balaban J connectivity index is 2.45. The number of nitrogens with zero attached hydrogens (tertiary/aromatic N) is 1. The Morgan fingerprint density at radius 3 is 2.75 bits per heavy atom. The van der Waals surface area contributed by atoms with Crippen LogP contribution in [-0.2, 0) is 16.0 Å². The highest BCUT2D eigenvalue weighted by Gasteiger charge is 2.03. The Bertz CT molecular complexity index is 495. The van der Waals surface area contributed by atoms with Crippen molar-refractivity contribution >= 4 is 17.7 Å². The summed E-state index contributed by atoms with van der Waals surface area (Å²) in [4.78, 5) is 5.98. The maximum atomic E-state index is 5.46. The van der Waals surface area contributed by atoms with E-state index in [1.807, 2.05) is 0 Å². The summed E-state index contributed by atoms with van der Waals surface area (Å²) >= 11 is 1.77. The van der Waals surface area contributed by atoms with E-state index in [-0.39, 0.29) is 0 Å². The van der Waals surface area contributed by atoms with Crippen molar-refractivity contribution in [2.45, 2.75) is 31.7 Å². The zero-order valence-corrected chi connectivity index (χ0v) is 16.2. The molecule has 2 N–H and O–H groups in total. The fourth-order valence-electron chi connectivity index (χ4n) is 2.11. The minimum atomic E-state index is 0.645. The molecule has 0 radical (unpaired) electrons. The van der Waals surface area contributed by atoms with Gasteiger partial charge in [0.2, 0.25) is 0 Å². The van der Waals surface area contributed by atoms with Crippen molar-refractivity contribution < 1.29 is 9.47 Å². The van der Waals surface area contributed by atoms with Gasteiger partial charge in [-0.2, -0.15) is 0 Å². The Hall–Kier alpha value is -1.24. The first-order valence-corrected chi connectivity index (χ1v) is 9.66. The summed E-state index contributed by atoms with van der Waals surface area (Å²) in [5.41, 5.74) is 2.54. The Kier molecular flexibility index (Phi) is 11.4. The number of benzene rings is 1. The molecule has 0 spiro atoms. The molecule has 0 bridgehead atoms. The molecular weight excluding hydrogens is 322 g/mol. The van der Waals surface area contributed by atoms with Gasteiger partial charge in [0.25, 0.3) is 0 Å². The lowest BCUT2D eigenvalue weighted by molar-refractivity contribution is 0.0698. The zero-order valence-electron chi connectivity index (χ0n) is 15.4. The van der Waals surface area contributed by atoms with Crippen LogP contribution in [0.3, 0.4) is 0 Å². The Morgan fingerprint density at radius 2 is 2.04 bits per heavy atom. The zero-order chi connectivity index (χ0) is 17.6. The topological polar surface area (TPSA) is 54.9 Å². The molecule has 0 saturated heterocycles. The van der Waals surface area contributed by atoms with Gasteiger partial charge in [-0.15, -0.1) is 11.8 Å². The molecule has 0 aromatic heterocycles. The predicted molar refractivity (Wildman–Crippen MR) is 103 cm³/mol. The lowest BCUT2D eigenvalue weighted by Gasteiger charge is -2.12. The highest BCUT2D eigenvalue weighted by molar-refractivity contribution is 7.98. The SMILES string of the molecule is CCNC(=NCc1ccc(C)cc1SC)NCCCOCCOC. The summed E-state index contributed by atoms with van der Waals surface area (Å²) in [6.07, 6.45) is 3.05. The second-order valence-electron chi connectivity index (χ2n) is 5.40. The number of aryl methyl sites for hydroxylation is 1. The van der Waals surface area contributed by atoms with Crippen molar-refractivity contribution in [1.82, 2.24) is 10.6 Å². The smallest absolute Gasteiger partial charge is 0.191 e. The maximum absolute atomic E-state index is 5.46. The molecule has 0 aliphatic rings. The third-order valence-electron chi connectivity index (χ3n) is 3.38. The normalized spacial score (nSPS) is 11.6. The molecule has 5 nitrogen and oxygen atoms in total. The van der Waals surface area contributed by atoms with Gasteiger partial charge in [-0.1, -0.05) is 12.1 Å². The average Bonchev–Trinajstić information content (AvgIpc) is 2.59. The van der Waals surface area contributed by atoms with E-state index in [2.05, 4.69) is 53.9 Å². The average molecular weight is 354 g/mol. The highest BCUT2D eigenvalue weighted by atomic mass is 32.2. The Labute approximate surface area is 150 Å². The summed E-state index contributed by atoms with van der Waals surface area (Å²) < 4.78 is 10.4. The standard InChI is InChI=1S/C18H31N3O2S/c1-5-19-18(20-9-6-10-23-12-11-22-3)21-14-16-8-7-15(2)13-17(16)24-4/h7-8,13H,5-6,9-12,14H2,1-4H3,(H2,19,20,21). The minimum Gasteiger partial charge on any atom is -0.382 e. The van der Waals surface area contributed by atoms with Crippen LogP contribution < -0.4 is 10.6 Å². The lowest BCUT2D eigenvalue weighted by atomic mass is 10.1. The van der Waals surface area contributed by atoms with Gasteiger partial charge in [-0.3, -0.25) is 0 Å². The van der Waals surface area contributed by atoms with Gasteiger partial charge in [0, 0.05) is 31.7 Å². The number of rotatable bonds is 11. The Morgan fingerprint density at radius 1 is 1.21 bits per heavy atom. The highest BCUT2D eigenvalue weighted by Crippen LogP contribution is 2.22. The third kappa shape index (κ3) is 8.57. The first-order valence-electron chi connectivity index (χ1n) is 8.43. The number of thioether (sulfide) groups is 1. The molecule has 0 amide bonds. The van der Waals surface area contributed by atoms with Crippen LogP contribution in [0, 0.1) is 6.92 Å². The van der Waals surface area contributed by atoms with Gasteiger partial charge in [0.1, 0.15) is 0 Å². The molecule has 0 saturated carbocycles. The quantitative estimate of drug-likeness (QED) is 0.277. The van der Waals surface area contributed by atoms with Crippen molar-refractivity contribution in [2.75, 3.05) is 46.3 Å². The van der Waals surface area contributed by atoms with E-state index < -0.39 is 0 Å². The van der Waals surface area contributed by atoms with Crippen LogP contribution in [0.4, 0.5) is 0 Å². The molecule has 0 atom stereocenters. The maximum Gasteiger partial charge on any atom is 0.191 e. The molecule has 1 aromatic rings. The number of methoxy groups -OCH3 is 1. The van der Waals surface area contributed by atoms with Crippen LogP contribution in [-0.4, -0.2) is 52.2 Å². The van der Waals surface area contributed by atoms with Gasteiger partial charge < -0.3 is 20.1 Å². The molecule has 136 valence electrons. The number of hydrogen-bond acceptors (Lipinski definition) is 4. The molecule has 1 aromatic carbocycles. The molecule has 24 heavy (non-hydrogen) atoms. The minimum absolute atomic E-state index is 0.645. The van der Waals surface area contributed by atoms with Gasteiger partial charge in [-0.05, 0) is 43.7 Å². The largest absolute Gasteiger partial charge is 0.382 e. The van der Waals surface area contributed by atoms with Crippen LogP contribution in [0.1, 0.15) is 24.5 Å². The van der Waals surface area contributed by atoms with Crippen LogP contribution in [0.15, 0.2) is 28.1 Å². The first-order chi connectivity index (χ1) is 11.7. The fraction of sp³-hybridized carbons (Fsp3) is 0.611. The molecule has 1 rings (SSSR count). The number of hydrogen-bond donors (Lipinski definition) is 2. The fourth-order valence-corrected chi connectivity index (χ4v) is 2.81. The van der Waals surface area contributed by atoms with Gasteiger partial charge >= 0.3 is 0 Å². The second kappa shape index (κ2) is 13.1. The number of ether oxygens (including phenoxy) is 2. The van der Waals surface area contributed by atoms with E-state index in [0.717, 1.165) is 32.1 Å². The predicted octanol–water partition coefficient (Wildman–Crippen LogP) is 2.83. The number of guanidine groups is 1. The van der Waals surface area contributed by atoms with E-state index in [0.29, 0.717) is 19.8 Å². The molecule has 0 fully saturated rings. The van der Waals surface area contributed by atoms with E-state index >= 15 is 0 Å². The van der Waals surface area contributed by atoms with Crippen LogP contribution >= 0.6 is 11.8 Å². The van der Waals surface area contributed by atoms with E-state index in [4.69, 9.17) is 9.47 Å². The third-order valence-corrected chi connectivity index (χ3v) is 4.20. The van der Waals surface area contributed by atoms with Crippen molar-refractivity contribution in [1.29, 1.82) is 0 Å². The van der Waals surface area contributed by atoms with Crippen LogP contribution in [0.5, 0.6) is 0 Å². The molecule has 6 heteroatoms. The van der Waals surface area contributed by atoms with Crippen LogP contribution in [0.2, 0.25) is 0 Å². The lowest BCUT2D eigenvalue weighted by Crippen LogP contribution is -2.38. The molecule has 0 unspecified atom stereocenters. The van der Waals surface area contributed by atoms with Crippen molar-refractivity contribution in [2.24, 2.45) is 4.99 Å². The molecule has 0 heterocycles. The van der Waals surface area contributed by atoms with E-state index in [1.54, 1.807) is 18.9 Å². The summed E-state index contributed by atoms with van der Waals surface area (Å²) in [6.45, 7) is 8.57. The molecule has 0 aliphatic heterocycles. The van der Waals surface area contributed by atoms with E-state index in [9.17, 15) is 0 Å². The first kappa shape index (κ1) is 20.8. The number of aliphatic imine (C=N–C) groups is 1. The summed E-state index contributed by atoms with van der Waals surface area (Å²) in [6, 6.07) is 6.52. The number of nitrogens with one attached hydrogen (secondary N) is 2. The molecular formula is C18H31N3O2S. The summed E-state index contributed by atoms with van der Waals surface area (Å²) in [5.74, 6) is 0.849. The van der Waals surface area contributed by atoms with Gasteiger partial charge in [0.15, 0.2) is 5.96 Å². The summed E-state index contributed by atoms with van der Waals surface area (Å²) in [7, 11) is 1.68. The van der Waals surface area contributed by atoms with Gasteiger partial charge in [0.05, 0.1) is 19.8 Å². The van der Waals surface area contributed by atoms with E-state index in [1.165, 1.54) is 16.0 Å². The summed E-state index contributed by atoms with van der Waals surface area (Å²) in [5, 5.41) is 6.64. The molecule has 0 aliphatic carbocycles. The van der Waals surface area contributed by atoms with Crippen molar-refractivity contribution in [3.8, 4) is 0 Å². The monoisotopic (exact) mass is 353 g/mol.